The van der Waals surface area contributed by atoms with Gasteiger partial charge in [-0.3, -0.25) is 19.8 Å². The van der Waals surface area contributed by atoms with Gasteiger partial charge in [0.25, 0.3) is 5.69 Å². The molecule has 1 amide bonds. The van der Waals surface area contributed by atoms with E-state index in [1.807, 2.05) is 42.2 Å². The lowest BCUT2D eigenvalue weighted by Crippen LogP contribution is -2.44. The van der Waals surface area contributed by atoms with E-state index in [1.54, 1.807) is 13.1 Å². The molecule has 0 saturated heterocycles. The summed E-state index contributed by atoms with van der Waals surface area (Å²) in [5.74, 6) is 1.22. The molecule has 0 bridgehead atoms. The van der Waals surface area contributed by atoms with Crippen molar-refractivity contribution < 1.29 is 19.2 Å². The monoisotopic (exact) mass is 385 g/mol. The molecule has 2 atom stereocenters. The largest absolute Gasteiger partial charge is 0.486 e. The fraction of sp³-hybridized carbons (Fsp3) is 0.350. The van der Waals surface area contributed by atoms with Crippen LogP contribution in [0.5, 0.6) is 11.5 Å². The van der Waals surface area contributed by atoms with Crippen LogP contribution in [0.4, 0.5) is 5.69 Å². The van der Waals surface area contributed by atoms with E-state index >= 15 is 0 Å². The molecule has 0 spiro atoms. The molecule has 2 aromatic rings. The first-order valence-electron chi connectivity index (χ1n) is 9.04. The van der Waals surface area contributed by atoms with Gasteiger partial charge in [0.15, 0.2) is 11.5 Å². The number of nitro groups is 1. The van der Waals surface area contributed by atoms with Crippen molar-refractivity contribution in [1.82, 2.24) is 10.2 Å². The predicted molar refractivity (Wildman–Crippen MR) is 104 cm³/mol. The third kappa shape index (κ3) is 4.77. The topological polar surface area (TPSA) is 93.9 Å². The number of para-hydroxylation sites is 2. The summed E-state index contributed by atoms with van der Waals surface area (Å²) < 4.78 is 11.5. The summed E-state index contributed by atoms with van der Waals surface area (Å²) in [5.41, 5.74) is 0.821. The van der Waals surface area contributed by atoms with Crippen LogP contribution >= 0.6 is 0 Å². The van der Waals surface area contributed by atoms with Crippen LogP contribution in [-0.2, 0) is 4.79 Å². The fourth-order valence-electron chi connectivity index (χ4n) is 2.96. The molecule has 0 saturated carbocycles. The first-order chi connectivity index (χ1) is 13.4. The number of hydrogen-bond donors (Lipinski definition) is 1. The number of hydrogen-bond acceptors (Lipinski definition) is 6. The number of nitrogens with one attached hydrogen (secondary N) is 1. The van der Waals surface area contributed by atoms with Crippen LogP contribution in [0.3, 0.4) is 0 Å². The van der Waals surface area contributed by atoms with Crippen molar-refractivity contribution in [1.29, 1.82) is 0 Å². The summed E-state index contributed by atoms with van der Waals surface area (Å²) in [7, 11) is 1.81. The first kappa shape index (κ1) is 19.6. The number of nitro benzene ring substituents is 1. The summed E-state index contributed by atoms with van der Waals surface area (Å²) in [6.07, 6.45) is -0.252. The maximum Gasteiger partial charge on any atom is 0.269 e. The Morgan fingerprint density at radius 3 is 2.79 bits per heavy atom. The van der Waals surface area contributed by atoms with Gasteiger partial charge in [0.05, 0.1) is 18.0 Å². The highest BCUT2D eigenvalue weighted by Gasteiger charge is 2.22. The van der Waals surface area contributed by atoms with Crippen LogP contribution in [-0.4, -0.2) is 48.6 Å². The van der Waals surface area contributed by atoms with Gasteiger partial charge in [-0.05, 0) is 31.7 Å². The number of carbonyl (C=O) groups excluding carboxylic acids is 1. The number of carbonyl (C=O) groups is 1. The predicted octanol–water partition coefficient (Wildman–Crippen LogP) is 2.54. The number of rotatable bonds is 7. The molecule has 0 aromatic heterocycles. The summed E-state index contributed by atoms with van der Waals surface area (Å²) in [6.45, 7) is 2.78. The number of likely N-dealkylation sites (N-methyl/N-ethyl adjacent to an activating group) is 1. The number of fused-ring (bicyclic) bond motifs is 1. The molecule has 8 nitrogen and oxygen atoms in total. The molecule has 148 valence electrons. The second-order valence-corrected chi connectivity index (χ2v) is 6.74. The van der Waals surface area contributed by atoms with Gasteiger partial charge in [-0.2, -0.15) is 0 Å². The van der Waals surface area contributed by atoms with E-state index in [0.29, 0.717) is 24.7 Å². The van der Waals surface area contributed by atoms with Crippen molar-refractivity contribution in [2.45, 2.75) is 19.1 Å². The molecule has 2 aromatic carbocycles. The van der Waals surface area contributed by atoms with Gasteiger partial charge in [0, 0.05) is 18.2 Å². The molecule has 1 aliphatic rings. The van der Waals surface area contributed by atoms with E-state index in [-0.39, 0.29) is 30.3 Å². The second-order valence-electron chi connectivity index (χ2n) is 6.74. The Labute approximate surface area is 163 Å². The number of amides is 1. The maximum absolute atomic E-state index is 12.3. The van der Waals surface area contributed by atoms with Gasteiger partial charge in [-0.15, -0.1) is 0 Å². The minimum atomic E-state index is -0.423. The Morgan fingerprint density at radius 1 is 1.29 bits per heavy atom. The second kappa shape index (κ2) is 8.71. The zero-order chi connectivity index (χ0) is 20.1. The van der Waals surface area contributed by atoms with Gasteiger partial charge < -0.3 is 14.8 Å². The molecule has 0 fully saturated rings. The third-order valence-electron chi connectivity index (χ3n) is 4.71. The summed E-state index contributed by atoms with van der Waals surface area (Å²) in [6, 6.07) is 13.7. The number of non-ortho nitro benzene ring substituents is 1. The molecule has 0 unspecified atom stereocenters. The van der Waals surface area contributed by atoms with E-state index < -0.39 is 4.92 Å². The van der Waals surface area contributed by atoms with E-state index in [4.69, 9.17) is 9.47 Å². The van der Waals surface area contributed by atoms with E-state index in [1.165, 1.54) is 12.1 Å². The maximum atomic E-state index is 12.3. The minimum Gasteiger partial charge on any atom is -0.486 e. The van der Waals surface area contributed by atoms with Crippen molar-refractivity contribution in [3.63, 3.8) is 0 Å². The van der Waals surface area contributed by atoms with E-state index in [2.05, 4.69) is 5.32 Å². The standard InChI is InChI=1S/C20H23N3O5/c1-14(15-6-5-7-16(10-15)23(25)26)22(2)12-20(24)21-11-17-13-27-18-8-3-4-9-19(18)28-17/h3-10,14,17H,11-13H2,1-2H3,(H,21,24)/t14-,17-/m1/s1. The van der Waals surface area contributed by atoms with Crippen molar-refractivity contribution in [2.75, 3.05) is 26.7 Å². The van der Waals surface area contributed by atoms with E-state index in [0.717, 1.165) is 5.56 Å². The van der Waals surface area contributed by atoms with Crippen LogP contribution in [0.1, 0.15) is 18.5 Å². The highest BCUT2D eigenvalue weighted by atomic mass is 16.6. The fourth-order valence-corrected chi connectivity index (χ4v) is 2.96. The van der Waals surface area contributed by atoms with E-state index in [9.17, 15) is 14.9 Å². The zero-order valence-corrected chi connectivity index (χ0v) is 15.8. The van der Waals surface area contributed by atoms with Crippen molar-refractivity contribution in [2.24, 2.45) is 0 Å². The summed E-state index contributed by atoms with van der Waals surface area (Å²) >= 11 is 0. The van der Waals surface area contributed by atoms with Crippen LogP contribution < -0.4 is 14.8 Å². The Balaban J connectivity index is 1.49. The van der Waals surface area contributed by atoms with Gasteiger partial charge in [-0.25, -0.2) is 0 Å². The average molecular weight is 385 g/mol. The molecule has 28 heavy (non-hydrogen) atoms. The summed E-state index contributed by atoms with van der Waals surface area (Å²) in [5, 5.41) is 13.8. The molecule has 0 aliphatic carbocycles. The number of ether oxygens (including phenoxy) is 2. The normalized spacial score (nSPS) is 16.5. The number of nitrogens with zero attached hydrogens (tertiary/aromatic N) is 2. The molecule has 1 N–H and O–H groups in total. The Morgan fingerprint density at radius 2 is 2.04 bits per heavy atom. The quantitative estimate of drug-likeness (QED) is 0.581. The minimum absolute atomic E-state index is 0.0388. The smallest absolute Gasteiger partial charge is 0.269 e. The van der Waals surface area contributed by atoms with Gasteiger partial charge in [-0.1, -0.05) is 24.3 Å². The number of benzene rings is 2. The molecule has 0 radical (unpaired) electrons. The van der Waals surface area contributed by atoms with Gasteiger partial charge in [0.2, 0.25) is 5.91 Å². The van der Waals surface area contributed by atoms with Crippen LogP contribution in [0.2, 0.25) is 0 Å². The van der Waals surface area contributed by atoms with Crippen LogP contribution in [0, 0.1) is 10.1 Å². The average Bonchev–Trinajstić information content (AvgIpc) is 2.71. The Kier molecular flexibility index (Phi) is 6.10. The summed E-state index contributed by atoms with van der Waals surface area (Å²) in [4.78, 5) is 24.6. The highest BCUT2D eigenvalue weighted by Crippen LogP contribution is 2.30. The van der Waals surface area contributed by atoms with Gasteiger partial charge in [0.1, 0.15) is 12.7 Å². The molecule has 1 aliphatic heterocycles. The SMILES string of the molecule is C[C@H](c1cccc([N+](=O)[O-])c1)N(C)CC(=O)NC[C@@H]1COc2ccccc2O1. The Hall–Kier alpha value is -3.13. The first-order valence-corrected chi connectivity index (χ1v) is 9.04. The molecular weight excluding hydrogens is 362 g/mol. The molecule has 1 heterocycles. The lowest BCUT2D eigenvalue weighted by molar-refractivity contribution is -0.384. The zero-order valence-electron chi connectivity index (χ0n) is 15.8. The molecule has 8 heteroatoms. The van der Waals surface area contributed by atoms with Crippen molar-refractivity contribution in [3.8, 4) is 11.5 Å². The van der Waals surface area contributed by atoms with Crippen molar-refractivity contribution >= 4 is 11.6 Å². The third-order valence-corrected chi connectivity index (χ3v) is 4.71. The lowest BCUT2D eigenvalue weighted by atomic mass is 10.1. The van der Waals surface area contributed by atoms with Crippen LogP contribution in [0.15, 0.2) is 48.5 Å². The molecular formula is C20H23N3O5. The van der Waals surface area contributed by atoms with Gasteiger partial charge >= 0.3 is 0 Å². The molecule has 3 rings (SSSR count). The van der Waals surface area contributed by atoms with Crippen LogP contribution in [0.25, 0.3) is 0 Å². The lowest BCUT2D eigenvalue weighted by Gasteiger charge is -2.27. The Bertz CT molecular complexity index is 857. The van der Waals surface area contributed by atoms with Crippen molar-refractivity contribution in [3.05, 3.63) is 64.2 Å². The highest BCUT2D eigenvalue weighted by molar-refractivity contribution is 5.78.